The van der Waals surface area contributed by atoms with E-state index in [0.717, 1.165) is 5.39 Å². The number of carbonyl (C=O) groups excluding carboxylic acids is 1. The standard InChI is InChI=1S/C20H22N4O3.ClH/c1-23(2)12-13-24-18(16-6-4-5-7-17(16)21-20(24)26)22-19(25)14-8-10-15(27-3)11-9-14;/h4-11H,12-13H2,1-3H3,(H,22,25);1H. The highest BCUT2D eigenvalue weighted by atomic mass is 35.5. The van der Waals surface area contributed by atoms with Crippen LogP contribution < -0.4 is 15.7 Å². The van der Waals surface area contributed by atoms with Gasteiger partial charge in [-0.1, -0.05) is 12.1 Å². The van der Waals surface area contributed by atoms with E-state index in [-0.39, 0.29) is 24.0 Å². The number of hydrogen-bond donors (Lipinski definition) is 1. The van der Waals surface area contributed by atoms with Gasteiger partial charge in [0.15, 0.2) is 0 Å². The highest BCUT2D eigenvalue weighted by Crippen LogP contribution is 2.21. The lowest BCUT2D eigenvalue weighted by molar-refractivity contribution is 0.102. The monoisotopic (exact) mass is 402 g/mol. The number of benzene rings is 2. The number of methoxy groups -OCH3 is 1. The number of nitrogens with zero attached hydrogens (tertiary/aromatic N) is 3. The minimum Gasteiger partial charge on any atom is -0.497 e. The lowest BCUT2D eigenvalue weighted by atomic mass is 10.2. The zero-order chi connectivity index (χ0) is 19.4. The number of aromatic nitrogens is 2. The van der Waals surface area contributed by atoms with Gasteiger partial charge >= 0.3 is 5.69 Å². The average Bonchev–Trinajstić information content (AvgIpc) is 2.67. The number of halogens is 1. The Morgan fingerprint density at radius 2 is 1.82 bits per heavy atom. The predicted octanol–water partition coefficient (Wildman–Crippen LogP) is 2.64. The van der Waals surface area contributed by atoms with E-state index >= 15 is 0 Å². The van der Waals surface area contributed by atoms with Crippen LogP contribution in [0.2, 0.25) is 0 Å². The van der Waals surface area contributed by atoms with Crippen LogP contribution in [-0.2, 0) is 6.54 Å². The van der Waals surface area contributed by atoms with Crippen molar-refractivity contribution in [2.45, 2.75) is 6.54 Å². The lowest BCUT2D eigenvalue weighted by Gasteiger charge is -2.17. The molecular weight excluding hydrogens is 380 g/mol. The number of fused-ring (bicyclic) bond motifs is 1. The van der Waals surface area contributed by atoms with Gasteiger partial charge in [-0.15, -0.1) is 12.4 Å². The summed E-state index contributed by atoms with van der Waals surface area (Å²) in [7, 11) is 5.42. The van der Waals surface area contributed by atoms with Gasteiger partial charge in [-0.05, 0) is 50.5 Å². The molecule has 0 saturated carbocycles. The first-order valence-corrected chi connectivity index (χ1v) is 8.59. The predicted molar refractivity (Wildman–Crippen MR) is 113 cm³/mol. The summed E-state index contributed by atoms with van der Waals surface area (Å²) in [6, 6.07) is 14.1. The fraction of sp³-hybridized carbons (Fsp3) is 0.250. The normalized spacial score (nSPS) is 10.6. The number of hydrogen-bond acceptors (Lipinski definition) is 5. The molecule has 148 valence electrons. The van der Waals surface area contributed by atoms with E-state index in [1.165, 1.54) is 4.57 Å². The third-order valence-corrected chi connectivity index (χ3v) is 4.23. The zero-order valence-corrected chi connectivity index (χ0v) is 16.8. The Labute approximate surface area is 169 Å². The van der Waals surface area contributed by atoms with Crippen molar-refractivity contribution >= 4 is 35.0 Å². The van der Waals surface area contributed by atoms with Crippen molar-refractivity contribution in [3.8, 4) is 5.75 Å². The molecule has 1 amide bonds. The molecule has 0 aliphatic heterocycles. The van der Waals surface area contributed by atoms with Crippen molar-refractivity contribution in [1.29, 1.82) is 0 Å². The van der Waals surface area contributed by atoms with Crippen molar-refractivity contribution in [1.82, 2.24) is 14.5 Å². The van der Waals surface area contributed by atoms with E-state index in [0.29, 0.717) is 35.7 Å². The molecule has 1 heterocycles. The van der Waals surface area contributed by atoms with Crippen molar-refractivity contribution < 1.29 is 9.53 Å². The van der Waals surface area contributed by atoms with E-state index in [1.54, 1.807) is 37.4 Å². The molecule has 0 aliphatic rings. The Balaban J connectivity index is 0.00000280. The van der Waals surface area contributed by atoms with Crippen LogP contribution in [0.15, 0.2) is 53.3 Å². The molecule has 7 nitrogen and oxygen atoms in total. The summed E-state index contributed by atoms with van der Waals surface area (Å²) < 4.78 is 6.63. The van der Waals surface area contributed by atoms with Gasteiger partial charge < -0.3 is 15.0 Å². The summed E-state index contributed by atoms with van der Waals surface area (Å²) in [6.45, 7) is 1.06. The maximum absolute atomic E-state index is 12.8. The Morgan fingerprint density at radius 1 is 1.14 bits per heavy atom. The first-order valence-electron chi connectivity index (χ1n) is 8.59. The molecule has 0 fully saturated rings. The van der Waals surface area contributed by atoms with Gasteiger partial charge in [-0.25, -0.2) is 4.79 Å². The molecule has 3 aromatic rings. The van der Waals surface area contributed by atoms with Crippen molar-refractivity contribution in [3.05, 3.63) is 64.6 Å². The smallest absolute Gasteiger partial charge is 0.349 e. The minimum atomic E-state index is -0.388. The second-order valence-electron chi connectivity index (χ2n) is 6.40. The summed E-state index contributed by atoms with van der Waals surface area (Å²) in [5.41, 5.74) is 0.637. The lowest BCUT2D eigenvalue weighted by Crippen LogP contribution is -2.31. The van der Waals surface area contributed by atoms with Gasteiger partial charge in [0, 0.05) is 24.0 Å². The van der Waals surface area contributed by atoms with Gasteiger partial charge in [0.1, 0.15) is 11.6 Å². The Kier molecular flexibility index (Phi) is 7.14. The van der Waals surface area contributed by atoms with Crippen LogP contribution in [0.1, 0.15) is 10.4 Å². The largest absolute Gasteiger partial charge is 0.497 e. The first kappa shape index (κ1) is 21.4. The van der Waals surface area contributed by atoms with Gasteiger partial charge in [0.2, 0.25) is 0 Å². The van der Waals surface area contributed by atoms with E-state index in [1.807, 2.05) is 37.2 Å². The fourth-order valence-electron chi connectivity index (χ4n) is 2.74. The summed E-state index contributed by atoms with van der Waals surface area (Å²) in [5, 5.41) is 3.62. The molecule has 0 aliphatic carbocycles. The maximum atomic E-state index is 12.8. The molecule has 1 N–H and O–H groups in total. The molecule has 8 heteroatoms. The summed E-state index contributed by atoms with van der Waals surface area (Å²) in [6.07, 6.45) is 0. The molecule has 0 bridgehead atoms. The molecule has 3 rings (SSSR count). The Morgan fingerprint density at radius 3 is 2.46 bits per heavy atom. The number of para-hydroxylation sites is 1. The number of rotatable bonds is 6. The molecule has 28 heavy (non-hydrogen) atoms. The molecule has 0 atom stereocenters. The third-order valence-electron chi connectivity index (χ3n) is 4.23. The third kappa shape index (κ3) is 4.68. The zero-order valence-electron chi connectivity index (χ0n) is 16.0. The Hall–Kier alpha value is -2.90. The van der Waals surface area contributed by atoms with Crippen LogP contribution in [0.5, 0.6) is 5.75 Å². The van der Waals surface area contributed by atoms with Crippen LogP contribution in [0.4, 0.5) is 5.82 Å². The average molecular weight is 403 g/mol. The van der Waals surface area contributed by atoms with Crippen molar-refractivity contribution in [2.24, 2.45) is 0 Å². The van der Waals surface area contributed by atoms with Crippen LogP contribution in [-0.4, -0.2) is 48.1 Å². The molecule has 0 saturated heterocycles. The number of nitrogens with one attached hydrogen (secondary N) is 1. The summed E-state index contributed by atoms with van der Waals surface area (Å²) >= 11 is 0. The molecule has 0 radical (unpaired) electrons. The SMILES string of the molecule is COc1ccc(C(=O)Nc2c3ccccc3nc(=O)n2CCN(C)C)cc1.Cl. The summed E-state index contributed by atoms with van der Waals surface area (Å²) in [4.78, 5) is 31.4. The molecular formula is C20H23ClN4O3. The Bertz CT molecular complexity index is 1020. The molecule has 0 unspecified atom stereocenters. The van der Waals surface area contributed by atoms with Crippen LogP contribution in [0.25, 0.3) is 10.9 Å². The van der Waals surface area contributed by atoms with E-state index < -0.39 is 0 Å². The van der Waals surface area contributed by atoms with Crippen molar-refractivity contribution in [3.63, 3.8) is 0 Å². The van der Waals surface area contributed by atoms with Crippen LogP contribution in [0.3, 0.4) is 0 Å². The van der Waals surface area contributed by atoms with Crippen LogP contribution in [0, 0.1) is 0 Å². The molecule has 1 aromatic heterocycles. The second kappa shape index (κ2) is 9.34. The van der Waals surface area contributed by atoms with Gasteiger partial charge in [0.05, 0.1) is 12.6 Å². The van der Waals surface area contributed by atoms with Crippen molar-refractivity contribution in [2.75, 3.05) is 33.1 Å². The number of ether oxygens (including phenoxy) is 1. The second-order valence-corrected chi connectivity index (χ2v) is 6.40. The highest BCUT2D eigenvalue weighted by molar-refractivity contribution is 6.07. The maximum Gasteiger partial charge on any atom is 0.349 e. The fourth-order valence-corrected chi connectivity index (χ4v) is 2.74. The molecule has 0 spiro atoms. The van der Waals surface area contributed by atoms with Gasteiger partial charge in [-0.3, -0.25) is 9.36 Å². The number of amides is 1. The number of likely N-dealkylation sites (N-methyl/N-ethyl adjacent to an activating group) is 1. The highest BCUT2D eigenvalue weighted by Gasteiger charge is 2.15. The number of carbonyl (C=O) groups is 1. The van der Waals surface area contributed by atoms with Crippen LogP contribution >= 0.6 is 12.4 Å². The quantitative estimate of drug-likeness (QED) is 0.686. The topological polar surface area (TPSA) is 76.5 Å². The minimum absolute atomic E-state index is 0. The van der Waals surface area contributed by atoms with E-state index in [9.17, 15) is 9.59 Å². The summed E-state index contributed by atoms with van der Waals surface area (Å²) in [5.74, 6) is 0.823. The van der Waals surface area contributed by atoms with Gasteiger partial charge in [-0.2, -0.15) is 4.98 Å². The van der Waals surface area contributed by atoms with Gasteiger partial charge in [0.25, 0.3) is 5.91 Å². The molecule has 2 aromatic carbocycles. The first-order chi connectivity index (χ1) is 13.0. The van der Waals surface area contributed by atoms with E-state index in [4.69, 9.17) is 4.74 Å². The number of anilines is 1. The van der Waals surface area contributed by atoms with E-state index in [2.05, 4.69) is 10.3 Å².